The highest BCUT2D eigenvalue weighted by molar-refractivity contribution is 8.26. The first-order valence-electron chi connectivity index (χ1n) is 9.12. The number of methoxy groups -OCH3 is 1. The maximum Gasteiger partial charge on any atom is 0.266 e. The van der Waals surface area contributed by atoms with Crippen LogP contribution in [0.1, 0.15) is 12.0 Å². The van der Waals surface area contributed by atoms with Crippen LogP contribution in [0.15, 0.2) is 47.4 Å². The summed E-state index contributed by atoms with van der Waals surface area (Å²) in [7, 11) is 1.58. The maximum absolute atomic E-state index is 12.7. The van der Waals surface area contributed by atoms with Crippen LogP contribution in [-0.2, 0) is 9.59 Å². The van der Waals surface area contributed by atoms with Crippen molar-refractivity contribution in [2.75, 3.05) is 25.8 Å². The van der Waals surface area contributed by atoms with Crippen molar-refractivity contribution in [1.29, 1.82) is 0 Å². The molecule has 4 rings (SSSR count). The zero-order valence-electron chi connectivity index (χ0n) is 16.0. The van der Waals surface area contributed by atoms with Gasteiger partial charge >= 0.3 is 0 Å². The van der Waals surface area contributed by atoms with Crippen LogP contribution in [0.5, 0.6) is 17.2 Å². The van der Waals surface area contributed by atoms with Gasteiger partial charge in [0.25, 0.3) is 5.91 Å². The maximum atomic E-state index is 12.7. The number of anilines is 1. The standard InChI is InChI=1S/C21H18N2O5S2/c1-26-15-5-3-14(4-6-15)22-19(24)8-9-23-20(25)18(30-21(23)29)11-13-2-7-16-17(10-13)28-12-27-16/h2-7,10-11H,8-9,12H2,1H3,(H,22,24)/b18-11-. The van der Waals surface area contributed by atoms with Gasteiger partial charge in [-0.3, -0.25) is 14.5 Å². The molecule has 0 spiro atoms. The molecule has 0 atom stereocenters. The Kier molecular flexibility index (Phi) is 5.91. The Hall–Kier alpha value is -3.04. The fourth-order valence-corrected chi connectivity index (χ4v) is 4.27. The van der Waals surface area contributed by atoms with E-state index in [1.54, 1.807) is 43.5 Å². The molecule has 2 heterocycles. The molecule has 2 aliphatic heterocycles. The number of nitrogens with one attached hydrogen (secondary N) is 1. The van der Waals surface area contributed by atoms with Crippen molar-refractivity contribution >= 4 is 51.9 Å². The Bertz CT molecular complexity index is 1040. The minimum Gasteiger partial charge on any atom is -0.497 e. The lowest BCUT2D eigenvalue weighted by molar-refractivity contribution is -0.122. The van der Waals surface area contributed by atoms with Crippen molar-refractivity contribution in [3.05, 3.63) is 52.9 Å². The summed E-state index contributed by atoms with van der Waals surface area (Å²) < 4.78 is 16.2. The van der Waals surface area contributed by atoms with E-state index in [1.165, 1.54) is 16.7 Å². The van der Waals surface area contributed by atoms with Crippen LogP contribution in [0.25, 0.3) is 6.08 Å². The lowest BCUT2D eigenvalue weighted by atomic mass is 10.2. The highest BCUT2D eigenvalue weighted by Crippen LogP contribution is 2.36. The van der Waals surface area contributed by atoms with Gasteiger partial charge in [0, 0.05) is 18.7 Å². The van der Waals surface area contributed by atoms with Crippen molar-refractivity contribution in [2.45, 2.75) is 6.42 Å². The quantitative estimate of drug-likeness (QED) is 0.540. The van der Waals surface area contributed by atoms with Gasteiger partial charge in [0.05, 0.1) is 12.0 Å². The number of rotatable bonds is 6. The summed E-state index contributed by atoms with van der Waals surface area (Å²) in [5.74, 6) is 1.63. The average molecular weight is 443 g/mol. The Morgan fingerprint density at radius 1 is 1.23 bits per heavy atom. The van der Waals surface area contributed by atoms with Gasteiger partial charge in [-0.25, -0.2) is 0 Å². The third-order valence-corrected chi connectivity index (χ3v) is 5.88. The molecule has 0 aliphatic carbocycles. The summed E-state index contributed by atoms with van der Waals surface area (Å²) in [6, 6.07) is 12.5. The van der Waals surface area contributed by atoms with Crippen LogP contribution in [0, 0.1) is 0 Å². The summed E-state index contributed by atoms with van der Waals surface area (Å²) in [4.78, 5) is 26.9. The van der Waals surface area contributed by atoms with Crippen molar-refractivity contribution in [3.63, 3.8) is 0 Å². The minimum absolute atomic E-state index is 0.135. The lowest BCUT2D eigenvalue weighted by Gasteiger charge is -2.14. The lowest BCUT2D eigenvalue weighted by Crippen LogP contribution is -2.31. The smallest absolute Gasteiger partial charge is 0.266 e. The largest absolute Gasteiger partial charge is 0.497 e. The predicted molar refractivity (Wildman–Crippen MR) is 119 cm³/mol. The van der Waals surface area contributed by atoms with E-state index in [1.807, 2.05) is 12.1 Å². The highest BCUT2D eigenvalue weighted by Gasteiger charge is 2.32. The van der Waals surface area contributed by atoms with Crippen LogP contribution >= 0.6 is 24.0 Å². The summed E-state index contributed by atoms with van der Waals surface area (Å²) in [6.45, 7) is 0.407. The molecule has 2 aromatic carbocycles. The molecule has 0 unspecified atom stereocenters. The van der Waals surface area contributed by atoms with Crippen LogP contribution in [0.3, 0.4) is 0 Å². The molecule has 0 bridgehead atoms. The van der Waals surface area contributed by atoms with E-state index in [0.29, 0.717) is 32.2 Å². The SMILES string of the molecule is COc1ccc(NC(=O)CCN2C(=O)/C(=C/c3ccc4c(c3)OCO4)SC2=S)cc1. The highest BCUT2D eigenvalue weighted by atomic mass is 32.2. The number of ether oxygens (including phenoxy) is 3. The molecule has 1 saturated heterocycles. The number of nitrogens with zero attached hydrogens (tertiary/aromatic N) is 1. The molecular formula is C21H18N2O5S2. The van der Waals surface area contributed by atoms with Gasteiger partial charge in [0.1, 0.15) is 10.1 Å². The Labute approximate surface area is 183 Å². The van der Waals surface area contributed by atoms with E-state index in [2.05, 4.69) is 5.32 Å². The monoisotopic (exact) mass is 442 g/mol. The molecule has 154 valence electrons. The number of carbonyl (C=O) groups excluding carboxylic acids is 2. The van der Waals surface area contributed by atoms with Crippen LogP contribution in [0.2, 0.25) is 0 Å². The molecule has 1 N–H and O–H groups in total. The zero-order chi connectivity index (χ0) is 21.1. The summed E-state index contributed by atoms with van der Waals surface area (Å²) in [5.41, 5.74) is 1.48. The van der Waals surface area contributed by atoms with Crippen LogP contribution in [0.4, 0.5) is 5.69 Å². The van der Waals surface area contributed by atoms with Gasteiger partial charge < -0.3 is 19.5 Å². The molecule has 0 radical (unpaired) electrons. The van der Waals surface area contributed by atoms with Gasteiger partial charge in [-0.05, 0) is 48.0 Å². The number of hydrogen-bond donors (Lipinski definition) is 1. The molecule has 2 aliphatic rings. The zero-order valence-corrected chi connectivity index (χ0v) is 17.7. The number of benzene rings is 2. The molecule has 30 heavy (non-hydrogen) atoms. The Balaban J connectivity index is 1.36. The van der Waals surface area contributed by atoms with E-state index in [-0.39, 0.29) is 31.6 Å². The molecular weight excluding hydrogens is 424 g/mol. The van der Waals surface area contributed by atoms with Gasteiger partial charge in [0.2, 0.25) is 12.7 Å². The van der Waals surface area contributed by atoms with Crippen LogP contribution < -0.4 is 19.5 Å². The number of amides is 2. The van der Waals surface area contributed by atoms with Crippen molar-refractivity contribution in [2.24, 2.45) is 0 Å². The fraction of sp³-hybridized carbons (Fsp3) is 0.190. The van der Waals surface area contributed by atoms with Crippen molar-refractivity contribution in [3.8, 4) is 17.2 Å². The number of hydrogen-bond acceptors (Lipinski definition) is 7. The van der Waals surface area contributed by atoms with Crippen LogP contribution in [-0.4, -0.2) is 41.5 Å². The number of thiocarbonyl (C=S) groups is 1. The Morgan fingerprint density at radius 2 is 2.00 bits per heavy atom. The van der Waals surface area contributed by atoms with Crippen molar-refractivity contribution < 1.29 is 23.8 Å². The molecule has 2 aromatic rings. The first-order valence-corrected chi connectivity index (χ1v) is 10.3. The molecule has 9 heteroatoms. The van der Waals surface area contributed by atoms with E-state index in [9.17, 15) is 9.59 Å². The molecule has 7 nitrogen and oxygen atoms in total. The minimum atomic E-state index is -0.208. The second-order valence-electron chi connectivity index (χ2n) is 6.47. The third-order valence-electron chi connectivity index (χ3n) is 4.50. The van der Waals surface area contributed by atoms with Gasteiger partial charge in [-0.1, -0.05) is 30.0 Å². The topological polar surface area (TPSA) is 77.1 Å². The second-order valence-corrected chi connectivity index (χ2v) is 8.15. The van der Waals surface area contributed by atoms with E-state index in [4.69, 9.17) is 26.4 Å². The summed E-state index contributed by atoms with van der Waals surface area (Å²) >= 11 is 6.56. The van der Waals surface area contributed by atoms with Gasteiger partial charge in [-0.15, -0.1) is 0 Å². The molecule has 0 aromatic heterocycles. The predicted octanol–water partition coefficient (Wildman–Crippen LogP) is 3.65. The molecule has 2 amide bonds. The molecule has 0 saturated carbocycles. The first kappa shape index (κ1) is 20.2. The van der Waals surface area contributed by atoms with E-state index < -0.39 is 0 Å². The van der Waals surface area contributed by atoms with Gasteiger partial charge in [0.15, 0.2) is 11.5 Å². The fourth-order valence-electron chi connectivity index (χ4n) is 2.96. The normalized spacial score (nSPS) is 16.3. The average Bonchev–Trinajstić information content (AvgIpc) is 3.31. The number of thioether (sulfide) groups is 1. The van der Waals surface area contributed by atoms with E-state index >= 15 is 0 Å². The third kappa shape index (κ3) is 4.42. The summed E-state index contributed by atoms with van der Waals surface area (Å²) in [6.07, 6.45) is 1.90. The molecule has 1 fully saturated rings. The van der Waals surface area contributed by atoms with Crippen molar-refractivity contribution in [1.82, 2.24) is 4.90 Å². The van der Waals surface area contributed by atoms with E-state index in [0.717, 1.165) is 5.56 Å². The second kappa shape index (κ2) is 8.76. The summed E-state index contributed by atoms with van der Waals surface area (Å²) in [5, 5.41) is 2.80. The first-order chi connectivity index (χ1) is 14.5. The van der Waals surface area contributed by atoms with Gasteiger partial charge in [-0.2, -0.15) is 0 Å². The Morgan fingerprint density at radius 3 is 2.77 bits per heavy atom. The number of carbonyl (C=O) groups is 2. The number of fused-ring (bicyclic) bond motifs is 1.